The molecule has 35 heavy (non-hydrogen) atoms. The number of aromatic nitrogens is 1. The van der Waals surface area contributed by atoms with E-state index in [1.54, 1.807) is 6.20 Å². The van der Waals surface area contributed by atoms with Crippen molar-refractivity contribution in [3.8, 4) is 0 Å². The normalized spacial score (nSPS) is 43.5. The summed E-state index contributed by atoms with van der Waals surface area (Å²) in [5.74, 6) is 3.31. The first-order chi connectivity index (χ1) is 16.7. The minimum absolute atomic E-state index is 0.118. The SMILES string of the molecule is C[C@@H](CCC(=O)NCc1ccccn1)[C@@H]1CC[C@@H]2[C@H]3[C@H](O)C[C@H]4C[C@@H](O)CC[C@@]4(C)[C@@H]3CC[C@]21C. The molecule has 5 rings (SSSR count). The van der Waals surface area contributed by atoms with Gasteiger partial charge < -0.3 is 15.5 Å². The van der Waals surface area contributed by atoms with Crippen molar-refractivity contribution in [1.29, 1.82) is 0 Å². The maximum absolute atomic E-state index is 12.5. The summed E-state index contributed by atoms with van der Waals surface area (Å²) < 4.78 is 0. The lowest BCUT2D eigenvalue weighted by Gasteiger charge is -2.62. The van der Waals surface area contributed by atoms with E-state index in [0.717, 1.165) is 37.8 Å². The van der Waals surface area contributed by atoms with Crippen LogP contribution in [0.25, 0.3) is 0 Å². The van der Waals surface area contributed by atoms with Crippen LogP contribution in [0.15, 0.2) is 24.4 Å². The predicted molar refractivity (Wildman–Crippen MR) is 137 cm³/mol. The van der Waals surface area contributed by atoms with Crippen molar-refractivity contribution < 1.29 is 15.0 Å². The standard InChI is InChI=1S/C30H46N2O3/c1-19(7-10-27(35)32-18-21-6-4-5-15-31-21)23-8-9-24-28-25(12-14-30(23,24)3)29(2)13-11-22(33)16-20(29)17-26(28)34/h4-6,15,19-20,22-26,28,33-34H,7-14,16-18H2,1-3H3,(H,32,35)/t19-,20+,22-,23-,24+,25+,26+,28+,29+,30-/m0/s1. The number of aliphatic hydroxyl groups is 2. The molecular formula is C30H46N2O3. The molecule has 0 bridgehead atoms. The minimum Gasteiger partial charge on any atom is -0.393 e. The summed E-state index contributed by atoms with van der Waals surface area (Å²) in [4.78, 5) is 16.8. The van der Waals surface area contributed by atoms with Gasteiger partial charge in [-0.15, -0.1) is 0 Å². The number of carbonyl (C=O) groups is 1. The van der Waals surface area contributed by atoms with E-state index in [2.05, 4.69) is 31.1 Å². The number of hydrogen-bond donors (Lipinski definition) is 3. The Labute approximate surface area is 211 Å². The Morgan fingerprint density at radius 1 is 1.09 bits per heavy atom. The summed E-state index contributed by atoms with van der Waals surface area (Å²) in [7, 11) is 0. The molecule has 5 heteroatoms. The van der Waals surface area contributed by atoms with Crippen LogP contribution in [0.3, 0.4) is 0 Å². The molecule has 0 spiro atoms. The molecule has 5 nitrogen and oxygen atoms in total. The maximum atomic E-state index is 12.5. The van der Waals surface area contributed by atoms with Gasteiger partial charge in [0.1, 0.15) is 0 Å². The fourth-order valence-electron chi connectivity index (χ4n) is 9.52. The lowest BCUT2D eigenvalue weighted by Crippen LogP contribution is -2.58. The van der Waals surface area contributed by atoms with Crippen LogP contribution in [0.1, 0.15) is 90.7 Å². The summed E-state index contributed by atoms with van der Waals surface area (Å²) in [6, 6.07) is 5.78. The number of rotatable bonds is 6. The highest BCUT2D eigenvalue weighted by molar-refractivity contribution is 5.75. The number of carbonyl (C=O) groups excluding carboxylic acids is 1. The number of pyridine rings is 1. The van der Waals surface area contributed by atoms with Crippen molar-refractivity contribution in [2.45, 2.75) is 104 Å². The molecule has 194 valence electrons. The topological polar surface area (TPSA) is 82.5 Å². The molecule has 0 aromatic carbocycles. The summed E-state index contributed by atoms with van der Waals surface area (Å²) >= 11 is 0. The molecule has 10 atom stereocenters. The van der Waals surface area contributed by atoms with E-state index in [-0.39, 0.29) is 28.9 Å². The maximum Gasteiger partial charge on any atom is 0.220 e. The lowest BCUT2D eigenvalue weighted by atomic mass is 9.43. The van der Waals surface area contributed by atoms with Gasteiger partial charge in [0, 0.05) is 12.6 Å². The Kier molecular flexibility index (Phi) is 7.04. The third-order valence-corrected chi connectivity index (χ3v) is 11.4. The fourth-order valence-corrected chi connectivity index (χ4v) is 9.52. The van der Waals surface area contributed by atoms with Crippen molar-refractivity contribution in [1.82, 2.24) is 10.3 Å². The zero-order valence-corrected chi connectivity index (χ0v) is 22.0. The Bertz CT molecular complexity index is 893. The number of nitrogens with one attached hydrogen (secondary N) is 1. The van der Waals surface area contributed by atoms with E-state index in [4.69, 9.17) is 0 Å². The average Bonchev–Trinajstić information content (AvgIpc) is 3.20. The first-order valence-corrected chi connectivity index (χ1v) is 14.2. The van der Waals surface area contributed by atoms with Gasteiger partial charge in [-0.2, -0.15) is 0 Å². The van der Waals surface area contributed by atoms with Crippen LogP contribution in [0, 0.1) is 46.3 Å². The summed E-state index contributed by atoms with van der Waals surface area (Å²) in [6.45, 7) is 7.84. The molecule has 4 fully saturated rings. The average molecular weight is 483 g/mol. The van der Waals surface area contributed by atoms with Gasteiger partial charge in [-0.05, 0) is 116 Å². The second-order valence-corrected chi connectivity index (χ2v) is 13.1. The Morgan fingerprint density at radius 3 is 2.63 bits per heavy atom. The van der Waals surface area contributed by atoms with Gasteiger partial charge in [0.15, 0.2) is 0 Å². The molecule has 0 unspecified atom stereocenters. The van der Waals surface area contributed by atoms with E-state index in [1.165, 1.54) is 25.7 Å². The molecule has 3 N–H and O–H groups in total. The van der Waals surface area contributed by atoms with Crippen molar-refractivity contribution in [2.75, 3.05) is 0 Å². The second kappa shape index (κ2) is 9.78. The van der Waals surface area contributed by atoms with Crippen LogP contribution in [-0.4, -0.2) is 33.3 Å². The molecule has 0 aliphatic heterocycles. The van der Waals surface area contributed by atoms with Crippen LogP contribution >= 0.6 is 0 Å². The van der Waals surface area contributed by atoms with Crippen molar-refractivity contribution in [3.63, 3.8) is 0 Å². The summed E-state index contributed by atoms with van der Waals surface area (Å²) in [5, 5.41) is 24.8. The largest absolute Gasteiger partial charge is 0.393 e. The molecule has 4 saturated carbocycles. The number of hydrogen-bond acceptors (Lipinski definition) is 4. The zero-order valence-electron chi connectivity index (χ0n) is 22.0. The van der Waals surface area contributed by atoms with Crippen LogP contribution in [0.4, 0.5) is 0 Å². The van der Waals surface area contributed by atoms with Crippen molar-refractivity contribution >= 4 is 5.91 Å². The van der Waals surface area contributed by atoms with Crippen molar-refractivity contribution in [3.05, 3.63) is 30.1 Å². The number of fused-ring (bicyclic) bond motifs is 5. The highest BCUT2D eigenvalue weighted by atomic mass is 16.3. The van der Waals surface area contributed by atoms with Gasteiger partial charge in [0.05, 0.1) is 24.4 Å². The predicted octanol–water partition coefficient (Wildman–Crippen LogP) is 5.10. The van der Waals surface area contributed by atoms with Gasteiger partial charge in [-0.1, -0.05) is 26.8 Å². The van der Waals surface area contributed by atoms with E-state index in [9.17, 15) is 15.0 Å². The Morgan fingerprint density at radius 2 is 1.86 bits per heavy atom. The van der Waals surface area contributed by atoms with Gasteiger partial charge in [0.2, 0.25) is 5.91 Å². The molecule has 0 saturated heterocycles. The minimum atomic E-state index is -0.223. The zero-order chi connectivity index (χ0) is 24.8. The van der Waals surface area contributed by atoms with Crippen LogP contribution < -0.4 is 5.32 Å². The smallest absolute Gasteiger partial charge is 0.220 e. The highest BCUT2D eigenvalue weighted by Crippen LogP contribution is 2.68. The van der Waals surface area contributed by atoms with E-state index in [0.29, 0.717) is 48.5 Å². The van der Waals surface area contributed by atoms with E-state index >= 15 is 0 Å². The molecule has 0 radical (unpaired) electrons. The molecule has 4 aliphatic rings. The van der Waals surface area contributed by atoms with Crippen LogP contribution in [0.5, 0.6) is 0 Å². The Hall–Kier alpha value is -1.46. The first-order valence-electron chi connectivity index (χ1n) is 14.2. The molecular weight excluding hydrogens is 436 g/mol. The Balaban J connectivity index is 1.21. The third-order valence-electron chi connectivity index (χ3n) is 11.4. The fraction of sp³-hybridized carbons (Fsp3) is 0.800. The van der Waals surface area contributed by atoms with E-state index in [1.807, 2.05) is 18.2 Å². The van der Waals surface area contributed by atoms with Crippen LogP contribution in [-0.2, 0) is 11.3 Å². The summed E-state index contributed by atoms with van der Waals surface area (Å²) in [6.07, 6.45) is 11.6. The van der Waals surface area contributed by atoms with Gasteiger partial charge in [-0.3, -0.25) is 9.78 Å². The number of aliphatic hydroxyl groups excluding tert-OH is 2. The van der Waals surface area contributed by atoms with Crippen LogP contribution in [0.2, 0.25) is 0 Å². The van der Waals surface area contributed by atoms with Gasteiger partial charge >= 0.3 is 0 Å². The third kappa shape index (κ3) is 4.56. The van der Waals surface area contributed by atoms with Gasteiger partial charge in [0.25, 0.3) is 0 Å². The molecule has 4 aliphatic carbocycles. The monoisotopic (exact) mass is 482 g/mol. The van der Waals surface area contributed by atoms with E-state index < -0.39 is 0 Å². The molecule has 1 aromatic heterocycles. The number of nitrogens with zero attached hydrogens (tertiary/aromatic N) is 1. The highest BCUT2D eigenvalue weighted by Gasteiger charge is 2.62. The molecule has 1 heterocycles. The number of amides is 1. The lowest BCUT2D eigenvalue weighted by molar-refractivity contribution is -0.174. The quantitative estimate of drug-likeness (QED) is 0.527. The molecule has 1 amide bonds. The second-order valence-electron chi connectivity index (χ2n) is 13.1. The summed E-state index contributed by atoms with van der Waals surface area (Å²) in [5.41, 5.74) is 1.44. The van der Waals surface area contributed by atoms with Crippen molar-refractivity contribution in [2.24, 2.45) is 46.3 Å². The van der Waals surface area contributed by atoms with Gasteiger partial charge in [-0.25, -0.2) is 0 Å². The molecule has 1 aromatic rings. The first kappa shape index (κ1) is 25.2.